The highest BCUT2D eigenvalue weighted by Crippen LogP contribution is 2.30. The SMILES string of the molecule is Cc1cccc(C(Cc2cccc(F)c2Cl)NN)c1Cl. The Morgan fingerprint density at radius 1 is 1.15 bits per heavy atom. The molecule has 2 aromatic carbocycles. The van der Waals surface area contributed by atoms with Gasteiger partial charge in [0.1, 0.15) is 5.82 Å². The monoisotopic (exact) mass is 312 g/mol. The fourth-order valence-corrected chi connectivity index (χ4v) is 2.58. The highest BCUT2D eigenvalue weighted by molar-refractivity contribution is 6.32. The van der Waals surface area contributed by atoms with Gasteiger partial charge < -0.3 is 0 Å². The van der Waals surface area contributed by atoms with Gasteiger partial charge in [0.15, 0.2) is 0 Å². The van der Waals surface area contributed by atoms with E-state index in [2.05, 4.69) is 5.43 Å². The Labute approximate surface area is 127 Å². The third-order valence-electron chi connectivity index (χ3n) is 3.25. The van der Waals surface area contributed by atoms with Gasteiger partial charge in [0.2, 0.25) is 0 Å². The molecule has 1 atom stereocenters. The van der Waals surface area contributed by atoms with Crippen molar-refractivity contribution in [2.24, 2.45) is 5.84 Å². The van der Waals surface area contributed by atoms with Crippen molar-refractivity contribution < 1.29 is 4.39 Å². The van der Waals surface area contributed by atoms with E-state index < -0.39 is 5.82 Å². The number of nitrogens with two attached hydrogens (primary N) is 1. The van der Waals surface area contributed by atoms with E-state index in [0.717, 1.165) is 11.1 Å². The average molecular weight is 313 g/mol. The molecule has 106 valence electrons. The summed E-state index contributed by atoms with van der Waals surface area (Å²) in [6.07, 6.45) is 0.455. The second-order valence-corrected chi connectivity index (χ2v) is 5.37. The van der Waals surface area contributed by atoms with E-state index in [9.17, 15) is 4.39 Å². The molecule has 0 aliphatic heterocycles. The van der Waals surface area contributed by atoms with Gasteiger partial charge in [0.05, 0.1) is 11.1 Å². The molecule has 2 nitrogen and oxygen atoms in total. The van der Waals surface area contributed by atoms with E-state index in [4.69, 9.17) is 29.0 Å². The highest BCUT2D eigenvalue weighted by Gasteiger charge is 2.17. The molecule has 0 spiro atoms. The smallest absolute Gasteiger partial charge is 0.142 e. The first kappa shape index (κ1) is 15.3. The summed E-state index contributed by atoms with van der Waals surface area (Å²) in [7, 11) is 0. The van der Waals surface area contributed by atoms with Gasteiger partial charge in [-0.1, -0.05) is 53.5 Å². The van der Waals surface area contributed by atoms with Crippen LogP contribution in [-0.2, 0) is 6.42 Å². The first-order valence-electron chi connectivity index (χ1n) is 6.18. The Balaban J connectivity index is 2.34. The Morgan fingerprint density at radius 3 is 2.55 bits per heavy atom. The van der Waals surface area contributed by atoms with Crippen molar-refractivity contribution >= 4 is 23.2 Å². The second kappa shape index (κ2) is 6.55. The predicted molar refractivity (Wildman–Crippen MR) is 81.4 cm³/mol. The molecule has 0 bridgehead atoms. The molecular weight excluding hydrogens is 298 g/mol. The lowest BCUT2D eigenvalue weighted by atomic mass is 9.98. The number of nitrogens with one attached hydrogen (secondary N) is 1. The van der Waals surface area contributed by atoms with Gasteiger partial charge in [-0.25, -0.2) is 4.39 Å². The van der Waals surface area contributed by atoms with Gasteiger partial charge in [-0.2, -0.15) is 0 Å². The zero-order chi connectivity index (χ0) is 14.7. The van der Waals surface area contributed by atoms with Crippen LogP contribution in [0, 0.1) is 12.7 Å². The number of hydrogen-bond acceptors (Lipinski definition) is 2. The molecule has 2 aromatic rings. The first-order chi connectivity index (χ1) is 9.54. The van der Waals surface area contributed by atoms with Crippen LogP contribution in [0.5, 0.6) is 0 Å². The summed E-state index contributed by atoms with van der Waals surface area (Å²) in [5.74, 6) is 5.18. The first-order valence-corrected chi connectivity index (χ1v) is 6.94. The third kappa shape index (κ3) is 3.13. The molecule has 0 amide bonds. The molecule has 0 heterocycles. The molecular formula is C15H15Cl2FN2. The van der Waals surface area contributed by atoms with Crippen LogP contribution in [0.2, 0.25) is 10.0 Å². The molecule has 0 aliphatic rings. The van der Waals surface area contributed by atoms with Gasteiger partial charge in [-0.3, -0.25) is 11.3 Å². The maximum absolute atomic E-state index is 13.5. The van der Waals surface area contributed by atoms with Gasteiger partial charge in [-0.05, 0) is 36.1 Å². The van der Waals surface area contributed by atoms with Crippen molar-refractivity contribution in [3.63, 3.8) is 0 Å². The predicted octanol–water partition coefficient (Wildman–Crippen LogP) is 4.19. The summed E-state index contributed by atoms with van der Waals surface area (Å²) in [5, 5.41) is 0.777. The van der Waals surface area contributed by atoms with Crippen LogP contribution < -0.4 is 11.3 Å². The van der Waals surface area contributed by atoms with E-state index >= 15 is 0 Å². The maximum Gasteiger partial charge on any atom is 0.142 e. The van der Waals surface area contributed by atoms with E-state index in [1.807, 2.05) is 25.1 Å². The Kier molecular flexibility index (Phi) is 5.00. The second-order valence-electron chi connectivity index (χ2n) is 4.61. The zero-order valence-corrected chi connectivity index (χ0v) is 12.5. The van der Waals surface area contributed by atoms with Crippen molar-refractivity contribution in [3.8, 4) is 0 Å². The molecule has 2 rings (SSSR count). The number of halogens is 3. The average Bonchev–Trinajstić information content (AvgIpc) is 2.44. The molecule has 0 radical (unpaired) electrons. The Morgan fingerprint density at radius 2 is 1.85 bits per heavy atom. The molecule has 20 heavy (non-hydrogen) atoms. The van der Waals surface area contributed by atoms with Crippen LogP contribution in [0.3, 0.4) is 0 Å². The molecule has 1 unspecified atom stereocenters. The molecule has 0 fully saturated rings. The normalized spacial score (nSPS) is 12.4. The minimum atomic E-state index is -0.435. The Hall–Kier alpha value is -1.13. The third-order valence-corrected chi connectivity index (χ3v) is 4.19. The largest absolute Gasteiger partial charge is 0.271 e. The van der Waals surface area contributed by atoms with E-state index in [0.29, 0.717) is 17.0 Å². The van der Waals surface area contributed by atoms with Crippen LogP contribution in [0.15, 0.2) is 36.4 Å². The van der Waals surface area contributed by atoms with Gasteiger partial charge in [-0.15, -0.1) is 0 Å². The summed E-state index contributed by atoms with van der Waals surface area (Å²) in [5.41, 5.74) is 5.24. The van der Waals surface area contributed by atoms with Crippen LogP contribution in [0.25, 0.3) is 0 Å². The molecule has 3 N–H and O–H groups in total. The summed E-state index contributed by atoms with van der Waals surface area (Å²) < 4.78 is 13.5. The van der Waals surface area contributed by atoms with Crippen LogP contribution in [0.1, 0.15) is 22.7 Å². The number of hydrazine groups is 1. The molecule has 0 saturated heterocycles. The van der Waals surface area contributed by atoms with E-state index in [-0.39, 0.29) is 11.1 Å². The van der Waals surface area contributed by atoms with E-state index in [1.54, 1.807) is 12.1 Å². The van der Waals surface area contributed by atoms with Gasteiger partial charge >= 0.3 is 0 Å². The summed E-state index contributed by atoms with van der Waals surface area (Å²) in [6.45, 7) is 1.93. The molecule has 0 saturated carbocycles. The lowest BCUT2D eigenvalue weighted by Gasteiger charge is -2.19. The van der Waals surface area contributed by atoms with E-state index in [1.165, 1.54) is 6.07 Å². The fourth-order valence-electron chi connectivity index (χ4n) is 2.12. The summed E-state index contributed by atoms with van der Waals surface area (Å²) in [4.78, 5) is 0. The van der Waals surface area contributed by atoms with Crippen molar-refractivity contribution in [1.29, 1.82) is 0 Å². The number of benzene rings is 2. The van der Waals surface area contributed by atoms with Crippen LogP contribution >= 0.6 is 23.2 Å². The van der Waals surface area contributed by atoms with Crippen molar-refractivity contribution in [2.75, 3.05) is 0 Å². The van der Waals surface area contributed by atoms with Crippen molar-refractivity contribution in [2.45, 2.75) is 19.4 Å². The minimum Gasteiger partial charge on any atom is -0.271 e. The minimum absolute atomic E-state index is 0.122. The lowest BCUT2D eigenvalue weighted by Crippen LogP contribution is -2.30. The summed E-state index contributed by atoms with van der Waals surface area (Å²) >= 11 is 12.3. The van der Waals surface area contributed by atoms with Crippen LogP contribution in [0.4, 0.5) is 4.39 Å². The molecule has 0 aromatic heterocycles. The topological polar surface area (TPSA) is 38.0 Å². The standard InChI is InChI=1S/C15H15Cl2FN2/c1-9-4-2-6-11(14(9)16)13(20-19)8-10-5-3-7-12(18)15(10)17/h2-7,13,20H,8,19H2,1H3. The van der Waals surface area contributed by atoms with Gasteiger partial charge in [0, 0.05) is 5.02 Å². The molecule has 0 aliphatic carbocycles. The summed E-state index contributed by atoms with van der Waals surface area (Å²) in [6, 6.07) is 10.2. The van der Waals surface area contributed by atoms with Crippen molar-refractivity contribution in [3.05, 3.63) is 69.0 Å². The number of hydrogen-bond donors (Lipinski definition) is 2. The van der Waals surface area contributed by atoms with Crippen molar-refractivity contribution in [1.82, 2.24) is 5.43 Å². The maximum atomic E-state index is 13.5. The lowest BCUT2D eigenvalue weighted by molar-refractivity contribution is 0.548. The van der Waals surface area contributed by atoms with Gasteiger partial charge in [0.25, 0.3) is 0 Å². The number of rotatable bonds is 4. The van der Waals surface area contributed by atoms with Crippen LogP contribution in [-0.4, -0.2) is 0 Å². The highest BCUT2D eigenvalue weighted by atomic mass is 35.5. The zero-order valence-electron chi connectivity index (χ0n) is 11.0. The Bertz CT molecular complexity index is 617. The quantitative estimate of drug-likeness (QED) is 0.656. The fraction of sp³-hybridized carbons (Fsp3) is 0.200. The number of aryl methyl sites for hydroxylation is 1. The molecule has 5 heteroatoms.